The van der Waals surface area contributed by atoms with E-state index in [4.69, 9.17) is 0 Å². The summed E-state index contributed by atoms with van der Waals surface area (Å²) in [5.41, 5.74) is 2.51. The van der Waals surface area contributed by atoms with E-state index in [-0.39, 0.29) is 16.7 Å². The maximum Gasteiger partial charge on any atom is 0.246 e. The van der Waals surface area contributed by atoms with Crippen LogP contribution in [0.3, 0.4) is 0 Å². The summed E-state index contributed by atoms with van der Waals surface area (Å²) in [7, 11) is -3.56. The Morgan fingerprint density at radius 2 is 1.56 bits per heavy atom. The maximum absolute atomic E-state index is 13.5. The Morgan fingerprint density at radius 1 is 0.882 bits per heavy atom. The minimum Gasteiger partial charge on any atom is -0.368 e. The van der Waals surface area contributed by atoms with Crippen LogP contribution in [0.15, 0.2) is 53.4 Å². The summed E-state index contributed by atoms with van der Waals surface area (Å²) < 4.78 is 27.6. The summed E-state index contributed by atoms with van der Waals surface area (Å²) in [6.45, 7) is 5.16. The van der Waals surface area contributed by atoms with Gasteiger partial charge in [0.2, 0.25) is 21.8 Å². The van der Waals surface area contributed by atoms with Gasteiger partial charge in [-0.2, -0.15) is 4.31 Å². The molecule has 0 radical (unpaired) electrons. The quantitative estimate of drug-likeness (QED) is 0.667. The number of anilines is 2. The number of hydrogen-bond acceptors (Lipinski definition) is 5. The fraction of sp³-hybridized carbons (Fsp3) is 0.440. The van der Waals surface area contributed by atoms with Gasteiger partial charge in [-0.1, -0.05) is 18.2 Å². The molecule has 1 atom stereocenters. The average molecular weight is 483 g/mol. The molecule has 0 aromatic heterocycles. The summed E-state index contributed by atoms with van der Waals surface area (Å²) >= 11 is 0. The van der Waals surface area contributed by atoms with Crippen molar-refractivity contribution in [3.63, 3.8) is 0 Å². The molecular formula is C25H30N4O4S. The number of amides is 2. The Bertz CT molecular complexity index is 1190. The zero-order valence-electron chi connectivity index (χ0n) is 19.4. The highest BCUT2D eigenvalue weighted by Crippen LogP contribution is 2.36. The SMILES string of the molecule is CC(=O)N1c2ccc(S(=O)(=O)N3CCCC3)cc2C[C@H]1C(=O)N1CCN(c2ccccc2)CC1. The van der Waals surface area contributed by atoms with Gasteiger partial charge >= 0.3 is 0 Å². The molecular weight excluding hydrogens is 452 g/mol. The minimum absolute atomic E-state index is 0.0805. The topological polar surface area (TPSA) is 81.2 Å². The number of hydrogen-bond donors (Lipinski definition) is 0. The molecule has 2 fully saturated rings. The van der Waals surface area contributed by atoms with Gasteiger partial charge in [-0.25, -0.2) is 8.42 Å². The van der Waals surface area contributed by atoms with E-state index >= 15 is 0 Å². The van der Waals surface area contributed by atoms with E-state index in [1.165, 1.54) is 16.1 Å². The van der Waals surface area contributed by atoms with Crippen molar-refractivity contribution in [1.29, 1.82) is 0 Å². The third-order valence-corrected chi connectivity index (χ3v) is 8.97. The lowest BCUT2D eigenvalue weighted by Crippen LogP contribution is -2.55. The van der Waals surface area contributed by atoms with Crippen molar-refractivity contribution in [2.75, 3.05) is 49.1 Å². The highest BCUT2D eigenvalue weighted by molar-refractivity contribution is 7.89. The van der Waals surface area contributed by atoms with Crippen molar-refractivity contribution in [3.05, 3.63) is 54.1 Å². The fourth-order valence-corrected chi connectivity index (χ4v) is 6.86. The zero-order valence-corrected chi connectivity index (χ0v) is 20.2. The molecule has 3 heterocycles. The maximum atomic E-state index is 13.5. The first-order valence-electron chi connectivity index (χ1n) is 11.9. The normalized spacial score (nSPS) is 21.1. The van der Waals surface area contributed by atoms with Gasteiger partial charge in [0.15, 0.2) is 0 Å². The minimum atomic E-state index is -3.56. The van der Waals surface area contributed by atoms with Crippen LogP contribution in [0, 0.1) is 0 Å². The van der Waals surface area contributed by atoms with E-state index in [1.54, 1.807) is 18.2 Å². The lowest BCUT2D eigenvalue weighted by Gasteiger charge is -2.38. The molecule has 0 N–H and O–H groups in total. The first kappa shape index (κ1) is 22.9. The lowest BCUT2D eigenvalue weighted by molar-refractivity contribution is -0.134. The van der Waals surface area contributed by atoms with Gasteiger partial charge in [-0.3, -0.25) is 14.5 Å². The Labute approximate surface area is 200 Å². The average Bonchev–Trinajstić information content (AvgIpc) is 3.52. The van der Waals surface area contributed by atoms with E-state index in [1.807, 2.05) is 23.1 Å². The molecule has 2 aromatic rings. The number of nitrogens with zero attached hydrogens (tertiary/aromatic N) is 4. The van der Waals surface area contributed by atoms with Gasteiger partial charge in [-0.15, -0.1) is 0 Å². The van der Waals surface area contributed by atoms with Crippen molar-refractivity contribution >= 4 is 33.2 Å². The molecule has 3 aliphatic heterocycles. The van der Waals surface area contributed by atoms with E-state index in [2.05, 4.69) is 17.0 Å². The standard InChI is InChI=1S/C25H30N4O4S/c1-19(30)29-23-10-9-22(34(32,33)28-11-5-6-12-28)17-20(23)18-24(29)25(31)27-15-13-26(14-16-27)21-7-3-2-4-8-21/h2-4,7-10,17,24H,5-6,11-16,18H2,1H3/t24-/m0/s1. The summed E-state index contributed by atoms with van der Waals surface area (Å²) in [5, 5.41) is 0. The Balaban J connectivity index is 1.33. The van der Waals surface area contributed by atoms with Gasteiger partial charge < -0.3 is 9.80 Å². The second-order valence-electron chi connectivity index (χ2n) is 9.16. The molecule has 0 spiro atoms. The van der Waals surface area contributed by atoms with Crippen LogP contribution in [0.5, 0.6) is 0 Å². The van der Waals surface area contributed by atoms with Crippen molar-refractivity contribution in [3.8, 4) is 0 Å². The first-order valence-corrected chi connectivity index (χ1v) is 13.3. The number of sulfonamides is 1. The van der Waals surface area contributed by atoms with E-state index < -0.39 is 16.1 Å². The molecule has 34 heavy (non-hydrogen) atoms. The third-order valence-electron chi connectivity index (χ3n) is 7.08. The van der Waals surface area contributed by atoms with E-state index in [9.17, 15) is 18.0 Å². The number of piperazine rings is 1. The number of rotatable bonds is 4. The number of fused-ring (bicyclic) bond motifs is 1. The lowest BCUT2D eigenvalue weighted by atomic mass is 10.1. The molecule has 2 aromatic carbocycles. The molecule has 8 nitrogen and oxygen atoms in total. The molecule has 0 aliphatic carbocycles. The largest absolute Gasteiger partial charge is 0.368 e. The van der Waals surface area contributed by atoms with Crippen molar-refractivity contribution in [2.45, 2.75) is 37.1 Å². The highest BCUT2D eigenvalue weighted by Gasteiger charge is 2.40. The van der Waals surface area contributed by atoms with E-state index in [0.717, 1.165) is 37.2 Å². The Morgan fingerprint density at radius 3 is 2.21 bits per heavy atom. The summed E-state index contributed by atoms with van der Waals surface area (Å²) in [6.07, 6.45) is 2.07. The molecule has 9 heteroatoms. The number of carbonyl (C=O) groups is 2. The van der Waals surface area contributed by atoms with E-state index in [0.29, 0.717) is 38.3 Å². The van der Waals surface area contributed by atoms with Crippen molar-refractivity contribution < 1.29 is 18.0 Å². The molecule has 0 bridgehead atoms. The van der Waals surface area contributed by atoms with Crippen LogP contribution in [0.4, 0.5) is 11.4 Å². The Hall–Kier alpha value is -2.91. The number of carbonyl (C=O) groups excluding carboxylic acids is 2. The summed E-state index contributed by atoms with van der Waals surface area (Å²) in [4.78, 5) is 31.9. The van der Waals surface area contributed by atoms with Crippen molar-refractivity contribution in [2.24, 2.45) is 0 Å². The van der Waals surface area contributed by atoms with Crippen LogP contribution in [-0.4, -0.2) is 74.7 Å². The van der Waals surface area contributed by atoms with Crippen LogP contribution >= 0.6 is 0 Å². The predicted molar refractivity (Wildman–Crippen MR) is 130 cm³/mol. The zero-order chi connectivity index (χ0) is 23.9. The van der Waals surface area contributed by atoms with Crippen LogP contribution in [0.1, 0.15) is 25.3 Å². The third kappa shape index (κ3) is 4.07. The molecule has 2 amide bonds. The number of para-hydroxylation sites is 1. The molecule has 0 saturated carbocycles. The Kier molecular flexibility index (Phi) is 6.07. The van der Waals surface area contributed by atoms with Crippen LogP contribution in [0.2, 0.25) is 0 Å². The van der Waals surface area contributed by atoms with Crippen LogP contribution < -0.4 is 9.80 Å². The predicted octanol–water partition coefficient (Wildman–Crippen LogP) is 2.10. The first-order chi connectivity index (χ1) is 16.4. The highest BCUT2D eigenvalue weighted by atomic mass is 32.2. The second kappa shape index (κ2) is 9.03. The molecule has 3 aliphatic rings. The van der Waals surface area contributed by atoms with Gasteiger partial charge in [0.25, 0.3) is 0 Å². The number of benzene rings is 2. The second-order valence-corrected chi connectivity index (χ2v) is 11.1. The van der Waals surface area contributed by atoms with Crippen molar-refractivity contribution in [1.82, 2.24) is 9.21 Å². The summed E-state index contributed by atoms with van der Waals surface area (Å²) in [6, 6.07) is 14.4. The van der Waals surface area contributed by atoms with Gasteiger partial charge in [-0.05, 0) is 48.7 Å². The smallest absolute Gasteiger partial charge is 0.246 e. The van der Waals surface area contributed by atoms with Gasteiger partial charge in [0.05, 0.1) is 4.90 Å². The molecule has 180 valence electrons. The molecule has 0 unspecified atom stereocenters. The van der Waals surface area contributed by atoms with Gasteiger partial charge in [0, 0.05) is 64.0 Å². The monoisotopic (exact) mass is 482 g/mol. The fourth-order valence-electron chi connectivity index (χ4n) is 5.29. The van der Waals surface area contributed by atoms with Gasteiger partial charge in [0.1, 0.15) is 6.04 Å². The molecule has 5 rings (SSSR count). The molecule has 2 saturated heterocycles. The van der Waals surface area contributed by atoms with Crippen LogP contribution in [-0.2, 0) is 26.0 Å². The summed E-state index contributed by atoms with van der Waals surface area (Å²) in [5.74, 6) is -0.293. The van der Waals surface area contributed by atoms with Crippen LogP contribution in [0.25, 0.3) is 0 Å².